The van der Waals surface area contributed by atoms with Crippen LogP contribution in [-0.4, -0.2) is 14.1 Å². The molecule has 3 aromatic rings. The van der Waals surface area contributed by atoms with E-state index in [9.17, 15) is 0 Å². The van der Waals surface area contributed by atoms with Crippen molar-refractivity contribution in [1.82, 2.24) is 14.1 Å². The van der Waals surface area contributed by atoms with Crippen molar-refractivity contribution in [1.29, 1.82) is 5.26 Å². The van der Waals surface area contributed by atoms with Gasteiger partial charge in [-0.1, -0.05) is 18.2 Å². The molecule has 4 heteroatoms. The molecule has 18 heavy (non-hydrogen) atoms. The molecule has 1 aromatic carbocycles. The lowest BCUT2D eigenvalue weighted by Gasteiger charge is -2.00. The summed E-state index contributed by atoms with van der Waals surface area (Å²) >= 11 is 0. The van der Waals surface area contributed by atoms with Crippen LogP contribution in [0.2, 0.25) is 0 Å². The lowest BCUT2D eigenvalue weighted by molar-refractivity contribution is 0.918. The molecule has 0 radical (unpaired) electrons. The number of para-hydroxylation sites is 1. The fourth-order valence-corrected chi connectivity index (χ4v) is 2.36. The van der Waals surface area contributed by atoms with Crippen molar-refractivity contribution >= 4 is 10.9 Å². The topological polar surface area (TPSA) is 46.5 Å². The zero-order valence-electron chi connectivity index (χ0n) is 10.3. The van der Waals surface area contributed by atoms with Gasteiger partial charge in [-0.3, -0.25) is 0 Å². The molecule has 0 saturated carbocycles. The van der Waals surface area contributed by atoms with Crippen LogP contribution in [0.3, 0.4) is 0 Å². The molecular formula is C14H12N4. The number of aryl methyl sites for hydroxylation is 2. The molecule has 0 spiro atoms. The first-order valence-electron chi connectivity index (χ1n) is 5.68. The lowest BCUT2D eigenvalue weighted by Crippen LogP contribution is -1.90. The molecule has 0 amide bonds. The lowest BCUT2D eigenvalue weighted by atomic mass is 10.1. The van der Waals surface area contributed by atoms with Gasteiger partial charge in [0.2, 0.25) is 0 Å². The van der Waals surface area contributed by atoms with Crippen molar-refractivity contribution in [2.45, 2.75) is 0 Å². The highest BCUT2D eigenvalue weighted by atomic mass is 15.0. The van der Waals surface area contributed by atoms with E-state index in [1.165, 1.54) is 0 Å². The van der Waals surface area contributed by atoms with Gasteiger partial charge < -0.3 is 9.13 Å². The van der Waals surface area contributed by atoms with Gasteiger partial charge in [0.15, 0.2) is 5.69 Å². The summed E-state index contributed by atoms with van der Waals surface area (Å²) < 4.78 is 3.96. The molecule has 3 rings (SSSR count). The molecule has 0 N–H and O–H groups in total. The number of hydrogen-bond acceptors (Lipinski definition) is 2. The minimum Gasteiger partial charge on any atom is -0.350 e. The summed E-state index contributed by atoms with van der Waals surface area (Å²) in [6.07, 6.45) is 3.72. The molecular weight excluding hydrogens is 224 g/mol. The maximum Gasteiger partial charge on any atom is 0.166 e. The number of imidazole rings is 1. The number of hydrogen-bond donors (Lipinski definition) is 0. The Hall–Kier alpha value is -2.54. The summed E-state index contributed by atoms with van der Waals surface area (Å²) in [7, 11) is 3.92. The minimum atomic E-state index is 0.467. The quantitative estimate of drug-likeness (QED) is 0.651. The third-order valence-electron chi connectivity index (χ3n) is 3.20. The maximum atomic E-state index is 9.14. The van der Waals surface area contributed by atoms with Gasteiger partial charge in [-0.15, -0.1) is 0 Å². The average Bonchev–Trinajstić information content (AvgIpc) is 2.91. The Morgan fingerprint density at radius 1 is 1.17 bits per heavy atom. The second-order valence-electron chi connectivity index (χ2n) is 4.34. The number of nitrogens with zero attached hydrogens (tertiary/aromatic N) is 4. The van der Waals surface area contributed by atoms with Crippen LogP contribution in [-0.2, 0) is 14.1 Å². The molecule has 0 aliphatic carbocycles. The molecule has 0 fully saturated rings. The third kappa shape index (κ3) is 1.34. The van der Waals surface area contributed by atoms with Crippen molar-refractivity contribution in [3.63, 3.8) is 0 Å². The van der Waals surface area contributed by atoms with E-state index >= 15 is 0 Å². The van der Waals surface area contributed by atoms with Crippen LogP contribution >= 0.6 is 0 Å². The summed E-state index contributed by atoms with van der Waals surface area (Å²) in [4.78, 5) is 4.12. The fourth-order valence-electron chi connectivity index (χ4n) is 2.36. The van der Waals surface area contributed by atoms with Gasteiger partial charge in [-0.05, 0) is 6.07 Å². The number of rotatable bonds is 1. The van der Waals surface area contributed by atoms with E-state index in [1.54, 1.807) is 6.33 Å². The van der Waals surface area contributed by atoms with Gasteiger partial charge in [0, 0.05) is 36.8 Å². The summed E-state index contributed by atoms with van der Waals surface area (Å²) in [5.74, 6) is 0. The van der Waals surface area contributed by atoms with Crippen molar-refractivity contribution < 1.29 is 0 Å². The SMILES string of the molecule is Cn1cnc(C#N)c1-c1cn(C)c2ccccc12. The fraction of sp³-hybridized carbons (Fsp3) is 0.143. The first-order valence-corrected chi connectivity index (χ1v) is 5.68. The van der Waals surface area contributed by atoms with Crippen LogP contribution in [0, 0.1) is 11.3 Å². The van der Waals surface area contributed by atoms with Gasteiger partial charge in [-0.2, -0.15) is 5.26 Å². The molecule has 4 nitrogen and oxygen atoms in total. The Morgan fingerprint density at radius 2 is 1.94 bits per heavy atom. The van der Waals surface area contributed by atoms with E-state index in [0.29, 0.717) is 5.69 Å². The summed E-state index contributed by atoms with van der Waals surface area (Å²) in [6, 6.07) is 10.3. The molecule has 0 saturated heterocycles. The highest BCUT2D eigenvalue weighted by Gasteiger charge is 2.15. The second kappa shape index (κ2) is 3.74. The Bertz CT molecular complexity index is 771. The van der Waals surface area contributed by atoms with E-state index < -0.39 is 0 Å². The Labute approximate surface area is 105 Å². The number of nitriles is 1. The predicted octanol–water partition coefficient (Wildman–Crippen LogP) is 2.45. The van der Waals surface area contributed by atoms with E-state index in [2.05, 4.69) is 27.8 Å². The number of benzene rings is 1. The van der Waals surface area contributed by atoms with Gasteiger partial charge in [0.25, 0.3) is 0 Å². The molecule has 88 valence electrons. The van der Waals surface area contributed by atoms with Crippen LogP contribution in [0.4, 0.5) is 0 Å². The number of aromatic nitrogens is 3. The standard InChI is InChI=1S/C14H12N4/c1-17-8-11(10-5-3-4-6-13(10)17)14-12(7-15)16-9-18(14)2/h3-6,8-9H,1-2H3. The monoisotopic (exact) mass is 236 g/mol. The molecule has 0 unspecified atom stereocenters. The van der Waals surface area contributed by atoms with Gasteiger partial charge in [-0.25, -0.2) is 4.98 Å². The van der Waals surface area contributed by atoms with E-state index in [-0.39, 0.29) is 0 Å². The third-order valence-corrected chi connectivity index (χ3v) is 3.20. The molecule has 2 heterocycles. The van der Waals surface area contributed by atoms with Crippen LogP contribution in [0.25, 0.3) is 22.2 Å². The van der Waals surface area contributed by atoms with Crippen LogP contribution in [0.1, 0.15) is 5.69 Å². The van der Waals surface area contributed by atoms with Crippen LogP contribution in [0.15, 0.2) is 36.8 Å². The number of fused-ring (bicyclic) bond motifs is 1. The molecule has 0 atom stereocenters. The van der Waals surface area contributed by atoms with Crippen LogP contribution in [0.5, 0.6) is 0 Å². The summed E-state index contributed by atoms with van der Waals surface area (Å²) in [6.45, 7) is 0. The van der Waals surface area contributed by atoms with Gasteiger partial charge in [0.05, 0.1) is 12.0 Å². The predicted molar refractivity (Wildman–Crippen MR) is 69.8 cm³/mol. The average molecular weight is 236 g/mol. The second-order valence-corrected chi connectivity index (χ2v) is 4.34. The largest absolute Gasteiger partial charge is 0.350 e. The smallest absolute Gasteiger partial charge is 0.166 e. The van der Waals surface area contributed by atoms with Crippen molar-refractivity contribution in [3.8, 4) is 17.3 Å². The normalized spacial score (nSPS) is 10.7. The van der Waals surface area contributed by atoms with Gasteiger partial charge >= 0.3 is 0 Å². The zero-order chi connectivity index (χ0) is 12.7. The summed E-state index contributed by atoms with van der Waals surface area (Å²) in [5, 5.41) is 10.3. The van der Waals surface area contributed by atoms with E-state index in [1.807, 2.05) is 37.0 Å². The van der Waals surface area contributed by atoms with Gasteiger partial charge in [0.1, 0.15) is 6.07 Å². The molecule has 2 aromatic heterocycles. The first kappa shape index (κ1) is 10.6. The molecule has 0 aliphatic heterocycles. The summed E-state index contributed by atoms with van der Waals surface area (Å²) in [5.41, 5.74) is 3.53. The first-order chi connectivity index (χ1) is 8.72. The zero-order valence-corrected chi connectivity index (χ0v) is 10.3. The Balaban J connectivity index is 2.40. The molecule has 0 aliphatic rings. The van der Waals surface area contributed by atoms with Crippen molar-refractivity contribution in [2.75, 3.05) is 0 Å². The van der Waals surface area contributed by atoms with Crippen molar-refractivity contribution in [3.05, 3.63) is 42.5 Å². The Kier molecular flexibility index (Phi) is 2.20. The van der Waals surface area contributed by atoms with E-state index in [4.69, 9.17) is 5.26 Å². The highest BCUT2D eigenvalue weighted by Crippen LogP contribution is 2.31. The Morgan fingerprint density at radius 3 is 2.72 bits per heavy atom. The van der Waals surface area contributed by atoms with E-state index in [0.717, 1.165) is 22.2 Å². The van der Waals surface area contributed by atoms with Crippen LogP contribution < -0.4 is 0 Å². The maximum absolute atomic E-state index is 9.14. The van der Waals surface area contributed by atoms with Crippen molar-refractivity contribution in [2.24, 2.45) is 14.1 Å². The minimum absolute atomic E-state index is 0.467. The highest BCUT2D eigenvalue weighted by molar-refractivity contribution is 5.96. The molecule has 0 bridgehead atoms.